The van der Waals surface area contributed by atoms with E-state index in [4.69, 9.17) is 14.6 Å². The summed E-state index contributed by atoms with van der Waals surface area (Å²) in [6, 6.07) is 0.783. The van der Waals surface area contributed by atoms with Crippen molar-refractivity contribution in [1.29, 1.82) is 0 Å². The topological polar surface area (TPSA) is 59.0 Å². The predicted molar refractivity (Wildman–Crippen MR) is 81.7 cm³/mol. The van der Waals surface area contributed by atoms with Crippen LogP contribution in [0.3, 0.4) is 0 Å². The standard InChI is InChI=1S/C16H21F4NO4/c1-15(2,3)25-14(23)21(4)13(16(18,19)20)9-24-12-6-5-11(17)7-10(12)8-22/h5-7,13,22H,8-9H2,1-4H3. The Morgan fingerprint density at radius 1 is 1.28 bits per heavy atom. The molecule has 9 heteroatoms. The Bertz CT molecular complexity index is 599. The summed E-state index contributed by atoms with van der Waals surface area (Å²) in [5, 5.41) is 9.14. The largest absolute Gasteiger partial charge is 0.491 e. The molecule has 1 atom stereocenters. The SMILES string of the molecule is CN(C(=O)OC(C)(C)C)C(COc1ccc(F)cc1CO)C(F)(F)F. The minimum atomic E-state index is -4.77. The summed E-state index contributed by atoms with van der Waals surface area (Å²) in [5.41, 5.74) is -0.954. The van der Waals surface area contributed by atoms with Crippen molar-refractivity contribution in [3.8, 4) is 5.75 Å². The number of aliphatic hydroxyl groups is 1. The molecule has 0 aliphatic carbocycles. The number of likely N-dealkylation sites (N-methyl/N-ethyl adjacent to an activating group) is 1. The molecule has 0 spiro atoms. The monoisotopic (exact) mass is 367 g/mol. The third kappa shape index (κ3) is 6.41. The van der Waals surface area contributed by atoms with Crippen LogP contribution in [0.4, 0.5) is 22.4 Å². The van der Waals surface area contributed by atoms with Gasteiger partial charge in [0.2, 0.25) is 0 Å². The third-order valence-corrected chi connectivity index (χ3v) is 3.12. The summed E-state index contributed by atoms with van der Waals surface area (Å²) in [6.07, 6.45) is -5.93. The first-order valence-corrected chi connectivity index (χ1v) is 7.39. The number of amides is 1. The van der Waals surface area contributed by atoms with Crippen LogP contribution in [0.2, 0.25) is 0 Å². The summed E-state index contributed by atoms with van der Waals surface area (Å²) in [7, 11) is 0.952. The zero-order chi connectivity index (χ0) is 19.4. The van der Waals surface area contributed by atoms with E-state index in [2.05, 4.69) is 0 Å². The number of hydrogen-bond acceptors (Lipinski definition) is 4. The molecule has 0 saturated heterocycles. The summed E-state index contributed by atoms with van der Waals surface area (Å²) in [5.74, 6) is -0.759. The number of hydrogen-bond donors (Lipinski definition) is 1. The zero-order valence-electron chi connectivity index (χ0n) is 14.4. The van der Waals surface area contributed by atoms with Crippen molar-refractivity contribution in [2.75, 3.05) is 13.7 Å². The van der Waals surface area contributed by atoms with Gasteiger partial charge in [-0.2, -0.15) is 13.2 Å². The second kappa shape index (κ2) is 7.90. The van der Waals surface area contributed by atoms with E-state index >= 15 is 0 Å². The van der Waals surface area contributed by atoms with Crippen LogP contribution in [0, 0.1) is 5.82 Å². The fourth-order valence-corrected chi connectivity index (χ4v) is 1.87. The minimum Gasteiger partial charge on any atom is -0.491 e. The van der Waals surface area contributed by atoms with Gasteiger partial charge in [0, 0.05) is 12.6 Å². The molecule has 142 valence electrons. The maximum atomic E-state index is 13.3. The van der Waals surface area contributed by atoms with Gasteiger partial charge in [0.05, 0.1) is 6.61 Å². The molecule has 0 saturated carbocycles. The highest BCUT2D eigenvalue weighted by Gasteiger charge is 2.46. The van der Waals surface area contributed by atoms with Crippen molar-refractivity contribution in [1.82, 2.24) is 4.90 Å². The number of carbonyl (C=O) groups is 1. The Morgan fingerprint density at radius 2 is 1.88 bits per heavy atom. The average Bonchev–Trinajstić information content (AvgIpc) is 2.45. The molecule has 0 aliphatic rings. The van der Waals surface area contributed by atoms with Crippen LogP contribution in [0.25, 0.3) is 0 Å². The Balaban J connectivity index is 2.93. The van der Waals surface area contributed by atoms with Crippen LogP contribution in [0.1, 0.15) is 26.3 Å². The molecule has 1 N–H and O–H groups in total. The number of benzene rings is 1. The average molecular weight is 367 g/mol. The molecule has 0 aliphatic heterocycles. The molecule has 1 unspecified atom stereocenters. The zero-order valence-corrected chi connectivity index (χ0v) is 14.4. The highest BCUT2D eigenvalue weighted by Crippen LogP contribution is 2.27. The van der Waals surface area contributed by atoms with Crippen molar-refractivity contribution in [2.45, 2.75) is 45.2 Å². The summed E-state index contributed by atoms with van der Waals surface area (Å²) in [6.45, 7) is 3.06. The number of nitrogens with zero attached hydrogens (tertiary/aromatic N) is 1. The molecule has 0 bridgehead atoms. The van der Waals surface area contributed by atoms with E-state index in [0.717, 1.165) is 25.2 Å². The molecule has 5 nitrogen and oxygen atoms in total. The lowest BCUT2D eigenvalue weighted by Gasteiger charge is -2.31. The van der Waals surface area contributed by atoms with Crippen LogP contribution in [-0.4, -0.2) is 47.6 Å². The molecular formula is C16H21F4NO4. The number of ether oxygens (including phenoxy) is 2. The molecule has 1 aromatic rings. The Morgan fingerprint density at radius 3 is 2.36 bits per heavy atom. The second-order valence-corrected chi connectivity index (χ2v) is 6.37. The van der Waals surface area contributed by atoms with E-state index in [1.54, 1.807) is 0 Å². The van der Waals surface area contributed by atoms with Gasteiger partial charge >= 0.3 is 12.3 Å². The van der Waals surface area contributed by atoms with Gasteiger partial charge in [0.15, 0.2) is 6.04 Å². The lowest BCUT2D eigenvalue weighted by Crippen LogP contribution is -2.51. The first-order valence-electron chi connectivity index (χ1n) is 7.39. The van der Waals surface area contributed by atoms with Crippen LogP contribution in [0.5, 0.6) is 5.75 Å². The normalized spacial score (nSPS) is 13.3. The summed E-state index contributed by atoms with van der Waals surface area (Å²) < 4.78 is 62.9. The minimum absolute atomic E-state index is 0.000783. The second-order valence-electron chi connectivity index (χ2n) is 6.37. The predicted octanol–water partition coefficient (Wildman–Crippen LogP) is 3.49. The Kier molecular flexibility index (Phi) is 6.64. The quantitative estimate of drug-likeness (QED) is 0.810. The molecule has 1 aromatic carbocycles. The number of aliphatic hydroxyl groups excluding tert-OH is 1. The molecule has 0 radical (unpaired) electrons. The molecule has 0 heterocycles. The fraction of sp³-hybridized carbons (Fsp3) is 0.562. The first kappa shape index (κ1) is 21.0. The highest BCUT2D eigenvalue weighted by molar-refractivity contribution is 5.68. The van der Waals surface area contributed by atoms with Crippen LogP contribution in [-0.2, 0) is 11.3 Å². The maximum absolute atomic E-state index is 13.3. The van der Waals surface area contributed by atoms with Gasteiger partial charge in [-0.05, 0) is 39.0 Å². The van der Waals surface area contributed by atoms with Crippen LogP contribution in [0.15, 0.2) is 18.2 Å². The van der Waals surface area contributed by atoms with E-state index in [-0.39, 0.29) is 11.3 Å². The number of rotatable bonds is 5. The summed E-state index contributed by atoms with van der Waals surface area (Å²) >= 11 is 0. The third-order valence-electron chi connectivity index (χ3n) is 3.12. The molecule has 1 rings (SSSR count). The molecule has 1 amide bonds. The molecule has 25 heavy (non-hydrogen) atoms. The van der Waals surface area contributed by atoms with Gasteiger partial charge in [0.1, 0.15) is 23.8 Å². The van der Waals surface area contributed by atoms with E-state index in [0.29, 0.717) is 4.90 Å². The van der Waals surface area contributed by atoms with Crippen molar-refractivity contribution in [2.24, 2.45) is 0 Å². The number of halogens is 4. The van der Waals surface area contributed by atoms with Crippen molar-refractivity contribution in [3.63, 3.8) is 0 Å². The lowest BCUT2D eigenvalue weighted by molar-refractivity contribution is -0.184. The van der Waals surface area contributed by atoms with Crippen molar-refractivity contribution in [3.05, 3.63) is 29.6 Å². The maximum Gasteiger partial charge on any atom is 0.412 e. The van der Waals surface area contributed by atoms with E-state index in [1.807, 2.05) is 0 Å². The lowest BCUT2D eigenvalue weighted by atomic mass is 10.2. The first-order chi connectivity index (χ1) is 11.3. The van der Waals surface area contributed by atoms with E-state index in [1.165, 1.54) is 20.8 Å². The van der Waals surface area contributed by atoms with Crippen LogP contribution >= 0.6 is 0 Å². The van der Waals surface area contributed by atoms with E-state index < -0.39 is 42.9 Å². The van der Waals surface area contributed by atoms with Gasteiger partial charge in [0.25, 0.3) is 0 Å². The number of carbonyl (C=O) groups excluding carboxylic acids is 1. The van der Waals surface area contributed by atoms with Crippen molar-refractivity contribution >= 4 is 6.09 Å². The molecule has 0 fully saturated rings. The fourth-order valence-electron chi connectivity index (χ4n) is 1.87. The molecular weight excluding hydrogens is 346 g/mol. The van der Waals surface area contributed by atoms with E-state index in [9.17, 15) is 22.4 Å². The Hall–Kier alpha value is -2.03. The van der Waals surface area contributed by atoms with Gasteiger partial charge in [-0.3, -0.25) is 4.90 Å². The number of alkyl halides is 3. The smallest absolute Gasteiger partial charge is 0.412 e. The van der Waals surface area contributed by atoms with Gasteiger partial charge in [-0.15, -0.1) is 0 Å². The van der Waals surface area contributed by atoms with Crippen LogP contribution < -0.4 is 4.74 Å². The van der Waals surface area contributed by atoms with Gasteiger partial charge < -0.3 is 14.6 Å². The highest BCUT2D eigenvalue weighted by atomic mass is 19.4. The van der Waals surface area contributed by atoms with Crippen molar-refractivity contribution < 1.29 is 36.9 Å². The summed E-state index contributed by atoms with van der Waals surface area (Å²) in [4.78, 5) is 12.3. The Labute approximate surface area is 143 Å². The van der Waals surface area contributed by atoms with Gasteiger partial charge in [-0.1, -0.05) is 0 Å². The van der Waals surface area contributed by atoms with Gasteiger partial charge in [-0.25, -0.2) is 9.18 Å². The molecule has 0 aromatic heterocycles.